The van der Waals surface area contributed by atoms with Crippen molar-refractivity contribution in [3.63, 3.8) is 0 Å². The molecule has 0 amide bonds. The Morgan fingerprint density at radius 2 is 2.05 bits per heavy atom. The fourth-order valence-corrected chi connectivity index (χ4v) is 3.00. The van der Waals surface area contributed by atoms with E-state index in [2.05, 4.69) is 46.0 Å². The Hall–Kier alpha value is -1.46. The number of aliphatic imine (C=N–C) groups is 1. The summed E-state index contributed by atoms with van der Waals surface area (Å²) in [7, 11) is 1.81. The van der Waals surface area contributed by atoms with Crippen LogP contribution in [0.4, 0.5) is 0 Å². The van der Waals surface area contributed by atoms with E-state index >= 15 is 0 Å². The van der Waals surface area contributed by atoms with Crippen molar-refractivity contribution >= 4 is 17.7 Å². The Kier molecular flexibility index (Phi) is 7.91. The van der Waals surface area contributed by atoms with Gasteiger partial charge in [0, 0.05) is 30.8 Å². The Bertz CT molecular complexity index is 488. The van der Waals surface area contributed by atoms with Crippen LogP contribution in [0.25, 0.3) is 0 Å². The zero-order valence-electron chi connectivity index (χ0n) is 13.2. The van der Waals surface area contributed by atoms with Gasteiger partial charge in [-0.15, -0.1) is 11.8 Å². The molecule has 0 unspecified atom stereocenters. The van der Waals surface area contributed by atoms with E-state index < -0.39 is 0 Å². The van der Waals surface area contributed by atoms with E-state index in [9.17, 15) is 0 Å². The summed E-state index contributed by atoms with van der Waals surface area (Å²) in [5, 5.41) is 6.71. The van der Waals surface area contributed by atoms with Gasteiger partial charge in [0.15, 0.2) is 5.96 Å². The number of hydrogen-bond donors (Lipinski definition) is 2. The molecule has 0 bridgehead atoms. The molecule has 22 heavy (non-hydrogen) atoms. The molecule has 1 aliphatic heterocycles. The highest BCUT2D eigenvalue weighted by molar-refractivity contribution is 7.99. The first kappa shape index (κ1) is 16.9. The van der Waals surface area contributed by atoms with Crippen LogP contribution in [0.3, 0.4) is 0 Å². The zero-order chi connectivity index (χ0) is 15.5. The fraction of sp³-hybridized carbons (Fsp3) is 0.471. The summed E-state index contributed by atoms with van der Waals surface area (Å²) in [6.45, 7) is 3.43. The summed E-state index contributed by atoms with van der Waals surface area (Å²) < 4.78 is 5.32. The first-order valence-electron chi connectivity index (χ1n) is 7.76. The number of thioether (sulfide) groups is 1. The molecular weight excluding hydrogens is 294 g/mol. The van der Waals surface area contributed by atoms with Crippen molar-refractivity contribution in [3.05, 3.63) is 42.0 Å². The molecule has 4 nitrogen and oxygen atoms in total. The van der Waals surface area contributed by atoms with E-state index in [1.165, 1.54) is 10.5 Å². The van der Waals surface area contributed by atoms with Gasteiger partial charge in [0.05, 0.1) is 13.2 Å². The predicted octanol–water partition coefficient (Wildman–Crippen LogP) is 2.68. The van der Waals surface area contributed by atoms with Crippen LogP contribution in [0.5, 0.6) is 0 Å². The lowest BCUT2D eigenvalue weighted by molar-refractivity contribution is 0.153. The normalized spacial score (nSPS) is 15.3. The van der Waals surface area contributed by atoms with Crippen LogP contribution in [0.2, 0.25) is 0 Å². The van der Waals surface area contributed by atoms with Crippen molar-refractivity contribution in [2.75, 3.05) is 39.1 Å². The van der Waals surface area contributed by atoms with Gasteiger partial charge in [-0.05, 0) is 25.0 Å². The number of hydrogen-bond acceptors (Lipinski definition) is 3. The lowest BCUT2D eigenvalue weighted by Crippen LogP contribution is -2.39. The standard InChI is InChI=1S/C17H25N3OS/c1-18-17(19-10-7-15-8-12-21-13-9-15)20-11-14-22-16-5-3-2-4-6-16/h2-6,8H,7,9-14H2,1H3,(H2,18,19,20). The molecule has 1 heterocycles. The van der Waals surface area contributed by atoms with Crippen LogP contribution in [0.1, 0.15) is 12.8 Å². The summed E-state index contributed by atoms with van der Waals surface area (Å²) in [6.07, 6.45) is 4.31. The van der Waals surface area contributed by atoms with Gasteiger partial charge in [-0.3, -0.25) is 4.99 Å². The van der Waals surface area contributed by atoms with E-state index in [1.54, 1.807) is 0 Å². The summed E-state index contributed by atoms with van der Waals surface area (Å²) in [5.41, 5.74) is 1.48. The Balaban J connectivity index is 1.58. The Morgan fingerprint density at radius 1 is 1.23 bits per heavy atom. The molecule has 120 valence electrons. The van der Waals surface area contributed by atoms with E-state index in [-0.39, 0.29) is 0 Å². The number of nitrogens with zero attached hydrogens (tertiary/aromatic N) is 1. The van der Waals surface area contributed by atoms with Crippen molar-refractivity contribution in [1.82, 2.24) is 10.6 Å². The van der Waals surface area contributed by atoms with Crippen LogP contribution >= 0.6 is 11.8 Å². The molecule has 1 aliphatic rings. The number of benzene rings is 1. The molecule has 0 radical (unpaired) electrons. The van der Waals surface area contributed by atoms with Crippen LogP contribution in [0, 0.1) is 0 Å². The number of rotatable bonds is 7. The van der Waals surface area contributed by atoms with E-state index in [1.807, 2.05) is 24.9 Å². The predicted molar refractivity (Wildman–Crippen MR) is 94.7 cm³/mol. The first-order chi connectivity index (χ1) is 10.9. The van der Waals surface area contributed by atoms with Gasteiger partial charge in [-0.1, -0.05) is 29.8 Å². The Labute approximate surface area is 137 Å². The molecule has 0 saturated heterocycles. The van der Waals surface area contributed by atoms with Gasteiger partial charge in [0.25, 0.3) is 0 Å². The van der Waals surface area contributed by atoms with Crippen molar-refractivity contribution in [1.29, 1.82) is 0 Å². The molecule has 1 aromatic rings. The van der Waals surface area contributed by atoms with Gasteiger partial charge < -0.3 is 15.4 Å². The average Bonchev–Trinajstić information content (AvgIpc) is 2.59. The first-order valence-corrected chi connectivity index (χ1v) is 8.75. The van der Waals surface area contributed by atoms with Gasteiger partial charge in [-0.25, -0.2) is 0 Å². The molecule has 0 aromatic heterocycles. The summed E-state index contributed by atoms with van der Waals surface area (Å²) in [5.74, 6) is 1.90. The largest absolute Gasteiger partial charge is 0.377 e. The summed E-state index contributed by atoms with van der Waals surface area (Å²) in [4.78, 5) is 5.56. The third kappa shape index (κ3) is 6.54. The third-order valence-corrected chi connectivity index (χ3v) is 4.44. The highest BCUT2D eigenvalue weighted by Crippen LogP contribution is 2.15. The molecule has 0 aliphatic carbocycles. The van der Waals surface area contributed by atoms with E-state index in [0.29, 0.717) is 0 Å². The minimum absolute atomic E-state index is 0.763. The third-order valence-electron chi connectivity index (χ3n) is 3.43. The smallest absolute Gasteiger partial charge is 0.191 e. The molecule has 2 rings (SSSR count). The van der Waals surface area contributed by atoms with Crippen molar-refractivity contribution in [2.24, 2.45) is 4.99 Å². The number of ether oxygens (including phenoxy) is 1. The van der Waals surface area contributed by atoms with Gasteiger partial charge in [0.2, 0.25) is 0 Å². The van der Waals surface area contributed by atoms with Crippen molar-refractivity contribution in [3.8, 4) is 0 Å². The molecule has 1 aromatic carbocycles. The quantitative estimate of drug-likeness (QED) is 0.267. The summed E-state index contributed by atoms with van der Waals surface area (Å²) in [6, 6.07) is 10.5. The number of nitrogens with one attached hydrogen (secondary N) is 2. The molecular formula is C17H25N3OS. The van der Waals surface area contributed by atoms with Crippen LogP contribution in [-0.4, -0.2) is 45.1 Å². The van der Waals surface area contributed by atoms with E-state index in [4.69, 9.17) is 4.74 Å². The van der Waals surface area contributed by atoms with Gasteiger partial charge >= 0.3 is 0 Å². The van der Waals surface area contributed by atoms with Crippen LogP contribution in [0.15, 0.2) is 51.9 Å². The maximum atomic E-state index is 5.32. The summed E-state index contributed by atoms with van der Waals surface area (Å²) >= 11 is 1.85. The highest BCUT2D eigenvalue weighted by Gasteiger charge is 2.04. The van der Waals surface area contributed by atoms with E-state index in [0.717, 1.165) is 50.9 Å². The second-order valence-corrected chi connectivity index (χ2v) is 6.19. The molecule has 0 atom stereocenters. The SMILES string of the molecule is CN=C(NCCSc1ccccc1)NCCC1=CCOCC1. The van der Waals surface area contributed by atoms with Crippen molar-refractivity contribution in [2.45, 2.75) is 17.7 Å². The minimum Gasteiger partial charge on any atom is -0.377 e. The zero-order valence-corrected chi connectivity index (χ0v) is 14.0. The van der Waals surface area contributed by atoms with Gasteiger partial charge in [0.1, 0.15) is 0 Å². The maximum Gasteiger partial charge on any atom is 0.191 e. The topological polar surface area (TPSA) is 45.7 Å². The average molecular weight is 319 g/mol. The van der Waals surface area contributed by atoms with Crippen LogP contribution < -0.4 is 10.6 Å². The molecule has 2 N–H and O–H groups in total. The lowest BCUT2D eigenvalue weighted by Gasteiger charge is -2.15. The molecule has 0 spiro atoms. The fourth-order valence-electron chi connectivity index (χ4n) is 2.21. The monoisotopic (exact) mass is 319 g/mol. The lowest BCUT2D eigenvalue weighted by atomic mass is 10.1. The molecule has 5 heteroatoms. The minimum atomic E-state index is 0.763. The molecule has 0 saturated carbocycles. The number of guanidine groups is 1. The van der Waals surface area contributed by atoms with Crippen molar-refractivity contribution < 1.29 is 4.74 Å². The Morgan fingerprint density at radius 3 is 2.77 bits per heavy atom. The highest BCUT2D eigenvalue weighted by atomic mass is 32.2. The maximum absolute atomic E-state index is 5.32. The van der Waals surface area contributed by atoms with Gasteiger partial charge in [-0.2, -0.15) is 0 Å². The van der Waals surface area contributed by atoms with Crippen LogP contribution in [-0.2, 0) is 4.74 Å². The molecule has 0 fully saturated rings. The second kappa shape index (κ2) is 10.3. The second-order valence-electron chi connectivity index (χ2n) is 5.02.